The fourth-order valence-corrected chi connectivity index (χ4v) is 4.76. The molecule has 0 amide bonds. The van der Waals surface area contributed by atoms with Crippen LogP contribution in [0.4, 0.5) is 0 Å². The van der Waals surface area contributed by atoms with Crippen molar-refractivity contribution >= 4 is 0 Å². The van der Waals surface area contributed by atoms with E-state index in [9.17, 15) is 0 Å². The van der Waals surface area contributed by atoms with Crippen LogP contribution >= 0.6 is 0 Å². The SMILES string of the molecule is CCNCC1(CC2CCC3(CCCCC3)O2)CCCOC1. The zero-order chi connectivity index (χ0) is 14.6. The number of hydrogen-bond acceptors (Lipinski definition) is 3. The predicted molar refractivity (Wildman–Crippen MR) is 85.6 cm³/mol. The zero-order valence-electron chi connectivity index (χ0n) is 13.8. The van der Waals surface area contributed by atoms with E-state index in [1.165, 1.54) is 64.2 Å². The van der Waals surface area contributed by atoms with Crippen molar-refractivity contribution in [2.45, 2.75) is 82.8 Å². The molecule has 1 aliphatic carbocycles. The van der Waals surface area contributed by atoms with E-state index < -0.39 is 0 Å². The molecule has 3 nitrogen and oxygen atoms in total. The van der Waals surface area contributed by atoms with E-state index in [0.29, 0.717) is 11.5 Å². The highest BCUT2D eigenvalue weighted by atomic mass is 16.5. The molecular formula is C18H33NO2. The molecule has 1 N–H and O–H groups in total. The maximum atomic E-state index is 6.61. The Bertz CT molecular complexity index is 319. The summed E-state index contributed by atoms with van der Waals surface area (Å²) in [5, 5.41) is 3.57. The minimum Gasteiger partial charge on any atom is -0.381 e. The summed E-state index contributed by atoms with van der Waals surface area (Å²) in [6.07, 6.45) is 13.5. The first-order chi connectivity index (χ1) is 10.3. The van der Waals surface area contributed by atoms with Gasteiger partial charge in [0.05, 0.1) is 18.3 Å². The molecule has 3 fully saturated rings. The van der Waals surface area contributed by atoms with Crippen LogP contribution in [0, 0.1) is 5.41 Å². The van der Waals surface area contributed by atoms with Gasteiger partial charge in [0.1, 0.15) is 0 Å². The smallest absolute Gasteiger partial charge is 0.0687 e. The van der Waals surface area contributed by atoms with E-state index in [2.05, 4.69) is 12.2 Å². The Morgan fingerprint density at radius 3 is 2.62 bits per heavy atom. The molecule has 2 heterocycles. The Morgan fingerprint density at radius 1 is 1.05 bits per heavy atom. The largest absolute Gasteiger partial charge is 0.381 e. The van der Waals surface area contributed by atoms with Crippen molar-refractivity contribution in [2.24, 2.45) is 5.41 Å². The van der Waals surface area contributed by atoms with Crippen LogP contribution in [-0.2, 0) is 9.47 Å². The first-order valence-corrected chi connectivity index (χ1v) is 9.22. The Balaban J connectivity index is 1.58. The quantitative estimate of drug-likeness (QED) is 0.839. The molecule has 0 radical (unpaired) electrons. The van der Waals surface area contributed by atoms with Crippen molar-refractivity contribution < 1.29 is 9.47 Å². The Kier molecular flexibility index (Phi) is 5.23. The van der Waals surface area contributed by atoms with E-state index >= 15 is 0 Å². The van der Waals surface area contributed by atoms with Gasteiger partial charge in [0, 0.05) is 18.6 Å². The lowest BCUT2D eigenvalue weighted by Crippen LogP contribution is -2.44. The second kappa shape index (κ2) is 6.97. The molecule has 1 spiro atoms. The van der Waals surface area contributed by atoms with Crippen molar-refractivity contribution in [2.75, 3.05) is 26.3 Å². The molecule has 21 heavy (non-hydrogen) atoms. The third-order valence-electron chi connectivity index (χ3n) is 5.92. The van der Waals surface area contributed by atoms with Gasteiger partial charge in [-0.25, -0.2) is 0 Å². The van der Waals surface area contributed by atoms with Crippen LogP contribution in [0.25, 0.3) is 0 Å². The minimum absolute atomic E-state index is 0.262. The van der Waals surface area contributed by atoms with Crippen LogP contribution in [0.3, 0.4) is 0 Å². The fourth-order valence-electron chi connectivity index (χ4n) is 4.76. The second-order valence-corrected chi connectivity index (χ2v) is 7.66. The summed E-state index contributed by atoms with van der Waals surface area (Å²) >= 11 is 0. The second-order valence-electron chi connectivity index (χ2n) is 7.66. The molecule has 0 aromatic heterocycles. The molecule has 3 heteroatoms. The molecule has 2 unspecified atom stereocenters. The van der Waals surface area contributed by atoms with E-state index in [0.717, 1.165) is 26.3 Å². The van der Waals surface area contributed by atoms with Crippen molar-refractivity contribution in [3.8, 4) is 0 Å². The van der Waals surface area contributed by atoms with Crippen LogP contribution in [0.2, 0.25) is 0 Å². The summed E-state index contributed by atoms with van der Waals surface area (Å²) in [6.45, 7) is 6.21. The summed E-state index contributed by atoms with van der Waals surface area (Å²) in [6, 6.07) is 0. The fraction of sp³-hybridized carbons (Fsp3) is 1.00. The molecule has 2 aliphatic heterocycles. The third-order valence-corrected chi connectivity index (χ3v) is 5.92. The van der Waals surface area contributed by atoms with Gasteiger partial charge < -0.3 is 14.8 Å². The van der Waals surface area contributed by atoms with Crippen LogP contribution in [0.5, 0.6) is 0 Å². The lowest BCUT2D eigenvalue weighted by atomic mass is 9.77. The van der Waals surface area contributed by atoms with Crippen molar-refractivity contribution in [3.63, 3.8) is 0 Å². The van der Waals surface area contributed by atoms with Crippen molar-refractivity contribution in [1.82, 2.24) is 5.32 Å². The lowest BCUT2D eigenvalue weighted by Gasteiger charge is -2.40. The topological polar surface area (TPSA) is 30.5 Å². The first kappa shape index (κ1) is 15.8. The highest BCUT2D eigenvalue weighted by molar-refractivity contribution is 4.95. The zero-order valence-corrected chi connectivity index (χ0v) is 13.8. The van der Waals surface area contributed by atoms with Gasteiger partial charge in [-0.2, -0.15) is 0 Å². The van der Waals surface area contributed by atoms with Gasteiger partial charge >= 0.3 is 0 Å². The normalized spacial score (nSPS) is 36.1. The van der Waals surface area contributed by atoms with Gasteiger partial charge in [0.25, 0.3) is 0 Å². The van der Waals surface area contributed by atoms with Crippen LogP contribution in [0.1, 0.15) is 71.1 Å². The first-order valence-electron chi connectivity index (χ1n) is 9.22. The number of ether oxygens (including phenoxy) is 2. The van der Waals surface area contributed by atoms with Gasteiger partial charge in [-0.15, -0.1) is 0 Å². The molecule has 3 aliphatic rings. The summed E-state index contributed by atoms with van der Waals surface area (Å²) in [5.74, 6) is 0. The molecule has 0 aromatic rings. The van der Waals surface area contributed by atoms with Gasteiger partial charge in [0.15, 0.2) is 0 Å². The number of rotatable bonds is 5. The highest BCUT2D eigenvalue weighted by Crippen LogP contribution is 2.45. The predicted octanol–water partition coefficient (Wildman–Crippen LogP) is 3.66. The van der Waals surface area contributed by atoms with Crippen LogP contribution in [0.15, 0.2) is 0 Å². The molecule has 122 valence electrons. The van der Waals surface area contributed by atoms with Crippen LogP contribution < -0.4 is 5.32 Å². The minimum atomic E-state index is 0.262. The Hall–Kier alpha value is -0.120. The molecule has 3 rings (SSSR count). The summed E-state index contributed by atoms with van der Waals surface area (Å²) in [4.78, 5) is 0. The van der Waals surface area contributed by atoms with E-state index in [-0.39, 0.29) is 5.60 Å². The molecular weight excluding hydrogens is 262 g/mol. The lowest BCUT2D eigenvalue weighted by molar-refractivity contribution is -0.0941. The van der Waals surface area contributed by atoms with Crippen molar-refractivity contribution in [3.05, 3.63) is 0 Å². The van der Waals surface area contributed by atoms with E-state index in [4.69, 9.17) is 9.47 Å². The summed E-state index contributed by atoms with van der Waals surface area (Å²) in [5.41, 5.74) is 0.580. The average Bonchev–Trinajstić information content (AvgIpc) is 2.89. The van der Waals surface area contributed by atoms with Crippen molar-refractivity contribution in [1.29, 1.82) is 0 Å². The summed E-state index contributed by atoms with van der Waals surface area (Å²) < 4.78 is 12.4. The summed E-state index contributed by atoms with van der Waals surface area (Å²) in [7, 11) is 0. The molecule has 0 aromatic carbocycles. The maximum absolute atomic E-state index is 6.61. The maximum Gasteiger partial charge on any atom is 0.0687 e. The van der Waals surface area contributed by atoms with Gasteiger partial charge in [-0.1, -0.05) is 26.2 Å². The molecule has 1 saturated carbocycles. The third kappa shape index (κ3) is 3.80. The van der Waals surface area contributed by atoms with Gasteiger partial charge in [0.2, 0.25) is 0 Å². The molecule has 2 saturated heterocycles. The highest BCUT2D eigenvalue weighted by Gasteiger charge is 2.44. The Labute approximate surface area is 130 Å². The number of nitrogens with one attached hydrogen (secondary N) is 1. The van der Waals surface area contributed by atoms with Crippen LogP contribution in [-0.4, -0.2) is 38.0 Å². The van der Waals surface area contributed by atoms with E-state index in [1.54, 1.807) is 0 Å². The van der Waals surface area contributed by atoms with Gasteiger partial charge in [-0.05, 0) is 51.5 Å². The number of hydrogen-bond donors (Lipinski definition) is 1. The Morgan fingerprint density at radius 2 is 1.90 bits per heavy atom. The van der Waals surface area contributed by atoms with E-state index in [1.807, 2.05) is 0 Å². The molecule has 0 bridgehead atoms. The monoisotopic (exact) mass is 295 g/mol. The molecule has 2 atom stereocenters. The standard InChI is InChI=1S/C18H33NO2/c1-2-19-14-17(8-6-12-20-15-17)13-16-7-11-18(21-16)9-4-3-5-10-18/h16,19H,2-15H2,1H3. The van der Waals surface area contributed by atoms with Gasteiger partial charge in [-0.3, -0.25) is 0 Å². The average molecular weight is 295 g/mol.